The van der Waals surface area contributed by atoms with Crippen LogP contribution >= 0.6 is 0 Å². The summed E-state index contributed by atoms with van der Waals surface area (Å²) in [6.45, 7) is 1.16. The number of para-hydroxylation sites is 1. The molecule has 13 heavy (non-hydrogen) atoms. The summed E-state index contributed by atoms with van der Waals surface area (Å²) < 4.78 is 26.4. The molecular formula is C10H9F2N. The minimum Gasteiger partial charge on any atom is -0.359 e. The van der Waals surface area contributed by atoms with Gasteiger partial charge >= 0.3 is 0 Å². The third-order valence-corrected chi connectivity index (χ3v) is 2.07. The first kappa shape index (κ1) is 8.23. The lowest BCUT2D eigenvalue weighted by molar-refractivity contribution is 0.579. The lowest BCUT2D eigenvalue weighted by atomic mass is 10.2. The number of hydrogen-bond donors (Lipinski definition) is 0. The molecular weight excluding hydrogens is 172 g/mol. The van der Waals surface area contributed by atoms with Crippen LogP contribution in [0.15, 0.2) is 30.4 Å². The van der Waals surface area contributed by atoms with Gasteiger partial charge in [0.1, 0.15) is 17.3 Å². The van der Waals surface area contributed by atoms with Crippen molar-refractivity contribution in [2.45, 2.75) is 0 Å². The Morgan fingerprint density at radius 2 is 1.54 bits per heavy atom. The molecule has 68 valence electrons. The molecule has 0 radical (unpaired) electrons. The van der Waals surface area contributed by atoms with E-state index in [0.717, 1.165) is 0 Å². The van der Waals surface area contributed by atoms with Crippen molar-refractivity contribution in [3.05, 3.63) is 42.0 Å². The van der Waals surface area contributed by atoms with E-state index < -0.39 is 11.6 Å². The number of rotatable bonds is 1. The maximum atomic E-state index is 13.2. The Balaban J connectivity index is 2.38. The van der Waals surface area contributed by atoms with Crippen LogP contribution in [0.4, 0.5) is 14.5 Å². The Labute approximate surface area is 75.3 Å². The van der Waals surface area contributed by atoms with Gasteiger partial charge in [-0.3, -0.25) is 0 Å². The van der Waals surface area contributed by atoms with Crippen LogP contribution in [0.3, 0.4) is 0 Å². The summed E-state index contributed by atoms with van der Waals surface area (Å²) >= 11 is 0. The molecule has 0 unspecified atom stereocenters. The summed E-state index contributed by atoms with van der Waals surface area (Å²) in [6, 6.07) is 3.92. The zero-order valence-electron chi connectivity index (χ0n) is 7.00. The van der Waals surface area contributed by atoms with Crippen LogP contribution in [0.25, 0.3) is 0 Å². The quantitative estimate of drug-likeness (QED) is 0.601. The highest BCUT2D eigenvalue weighted by Crippen LogP contribution is 2.24. The zero-order chi connectivity index (χ0) is 9.26. The molecule has 1 aliphatic rings. The monoisotopic (exact) mass is 181 g/mol. The Morgan fingerprint density at radius 1 is 1.00 bits per heavy atom. The third kappa shape index (κ3) is 1.41. The van der Waals surface area contributed by atoms with E-state index >= 15 is 0 Å². The third-order valence-electron chi connectivity index (χ3n) is 2.07. The second kappa shape index (κ2) is 3.17. The molecule has 0 fully saturated rings. The van der Waals surface area contributed by atoms with Crippen LogP contribution in [-0.2, 0) is 0 Å². The Bertz CT molecular complexity index is 319. The van der Waals surface area contributed by atoms with Gasteiger partial charge in [0.25, 0.3) is 0 Å². The average molecular weight is 181 g/mol. The summed E-state index contributed by atoms with van der Waals surface area (Å²) in [5.41, 5.74) is 0.0764. The van der Waals surface area contributed by atoms with Crippen molar-refractivity contribution >= 4 is 5.69 Å². The van der Waals surface area contributed by atoms with Gasteiger partial charge in [0.05, 0.1) is 0 Å². The molecule has 1 heterocycles. The van der Waals surface area contributed by atoms with Gasteiger partial charge in [-0.1, -0.05) is 18.2 Å². The number of hydrogen-bond acceptors (Lipinski definition) is 1. The van der Waals surface area contributed by atoms with Crippen LogP contribution < -0.4 is 4.90 Å². The minimum absolute atomic E-state index is 0.0764. The lowest BCUT2D eigenvalue weighted by Gasteiger charge is -2.18. The predicted octanol–water partition coefficient (Wildman–Crippen LogP) is 2.34. The van der Waals surface area contributed by atoms with Crippen molar-refractivity contribution in [3.8, 4) is 0 Å². The van der Waals surface area contributed by atoms with E-state index in [1.807, 2.05) is 12.2 Å². The van der Waals surface area contributed by atoms with Crippen molar-refractivity contribution in [1.29, 1.82) is 0 Å². The molecule has 0 amide bonds. The molecule has 1 aliphatic heterocycles. The van der Waals surface area contributed by atoms with E-state index in [0.29, 0.717) is 13.1 Å². The summed E-state index contributed by atoms with van der Waals surface area (Å²) in [7, 11) is 0. The molecule has 3 heteroatoms. The minimum atomic E-state index is -0.497. The highest BCUT2D eigenvalue weighted by molar-refractivity contribution is 5.51. The number of benzene rings is 1. The standard InChI is InChI=1S/C10H9F2N/c11-8-4-3-5-9(12)10(8)13-6-1-2-7-13/h1-5H,6-7H2. The molecule has 2 rings (SSSR count). The van der Waals surface area contributed by atoms with Gasteiger partial charge in [-0.05, 0) is 12.1 Å². The maximum absolute atomic E-state index is 13.2. The van der Waals surface area contributed by atoms with E-state index in [9.17, 15) is 8.78 Å². The van der Waals surface area contributed by atoms with Crippen LogP contribution in [0.1, 0.15) is 0 Å². The second-order valence-electron chi connectivity index (χ2n) is 2.95. The smallest absolute Gasteiger partial charge is 0.149 e. The second-order valence-corrected chi connectivity index (χ2v) is 2.95. The molecule has 0 N–H and O–H groups in total. The fourth-order valence-corrected chi connectivity index (χ4v) is 1.45. The van der Waals surface area contributed by atoms with Crippen molar-refractivity contribution in [3.63, 3.8) is 0 Å². The van der Waals surface area contributed by atoms with Gasteiger partial charge in [-0.2, -0.15) is 0 Å². The van der Waals surface area contributed by atoms with Gasteiger partial charge in [-0.15, -0.1) is 0 Å². The van der Waals surface area contributed by atoms with Crippen LogP contribution in [0.5, 0.6) is 0 Å². The first-order valence-corrected chi connectivity index (χ1v) is 4.13. The van der Waals surface area contributed by atoms with Crippen molar-refractivity contribution in [2.24, 2.45) is 0 Å². The topological polar surface area (TPSA) is 3.24 Å². The normalized spacial score (nSPS) is 15.4. The lowest BCUT2D eigenvalue weighted by Crippen LogP contribution is -2.21. The Morgan fingerprint density at radius 3 is 2.08 bits per heavy atom. The average Bonchev–Trinajstić information content (AvgIpc) is 2.57. The molecule has 0 spiro atoms. The summed E-state index contributed by atoms with van der Waals surface area (Å²) in [6.07, 6.45) is 3.79. The van der Waals surface area contributed by atoms with Gasteiger partial charge in [0.15, 0.2) is 0 Å². The zero-order valence-corrected chi connectivity index (χ0v) is 7.00. The largest absolute Gasteiger partial charge is 0.359 e. The van der Waals surface area contributed by atoms with Gasteiger partial charge < -0.3 is 4.90 Å². The maximum Gasteiger partial charge on any atom is 0.149 e. The molecule has 0 saturated heterocycles. The van der Waals surface area contributed by atoms with E-state index in [-0.39, 0.29) is 5.69 Å². The number of nitrogens with zero attached hydrogens (tertiary/aromatic N) is 1. The summed E-state index contributed by atoms with van der Waals surface area (Å²) in [5.74, 6) is -0.993. The number of halogens is 2. The van der Waals surface area contributed by atoms with E-state index in [4.69, 9.17) is 0 Å². The first-order chi connectivity index (χ1) is 6.29. The fraction of sp³-hybridized carbons (Fsp3) is 0.200. The highest BCUT2D eigenvalue weighted by atomic mass is 19.1. The van der Waals surface area contributed by atoms with Gasteiger partial charge in [-0.25, -0.2) is 8.78 Å². The SMILES string of the molecule is Fc1cccc(F)c1N1CC=CC1. The molecule has 1 aromatic carbocycles. The van der Waals surface area contributed by atoms with Crippen LogP contribution in [0, 0.1) is 11.6 Å². The first-order valence-electron chi connectivity index (χ1n) is 4.13. The summed E-state index contributed by atoms with van der Waals surface area (Å²) in [5, 5.41) is 0. The van der Waals surface area contributed by atoms with Crippen molar-refractivity contribution in [2.75, 3.05) is 18.0 Å². The van der Waals surface area contributed by atoms with E-state index in [1.165, 1.54) is 18.2 Å². The molecule has 1 nitrogen and oxygen atoms in total. The van der Waals surface area contributed by atoms with Gasteiger partial charge in [0, 0.05) is 13.1 Å². The molecule has 1 aromatic rings. The Hall–Kier alpha value is -1.38. The van der Waals surface area contributed by atoms with Crippen molar-refractivity contribution < 1.29 is 8.78 Å². The Kier molecular flexibility index (Phi) is 2.00. The molecule has 0 bridgehead atoms. The molecule has 0 aliphatic carbocycles. The fourth-order valence-electron chi connectivity index (χ4n) is 1.45. The molecule has 0 saturated carbocycles. The van der Waals surface area contributed by atoms with E-state index in [1.54, 1.807) is 4.90 Å². The summed E-state index contributed by atoms with van der Waals surface area (Å²) in [4.78, 5) is 1.66. The van der Waals surface area contributed by atoms with E-state index in [2.05, 4.69) is 0 Å². The van der Waals surface area contributed by atoms with Crippen molar-refractivity contribution in [1.82, 2.24) is 0 Å². The van der Waals surface area contributed by atoms with Gasteiger partial charge in [0.2, 0.25) is 0 Å². The highest BCUT2D eigenvalue weighted by Gasteiger charge is 2.16. The van der Waals surface area contributed by atoms with Crippen LogP contribution in [0.2, 0.25) is 0 Å². The predicted molar refractivity (Wildman–Crippen MR) is 47.7 cm³/mol. The van der Waals surface area contributed by atoms with Crippen LogP contribution in [-0.4, -0.2) is 13.1 Å². The molecule has 0 aromatic heterocycles. The molecule has 0 atom stereocenters. The number of anilines is 1.